The van der Waals surface area contributed by atoms with E-state index in [0.29, 0.717) is 11.6 Å². The van der Waals surface area contributed by atoms with Crippen molar-refractivity contribution in [2.75, 3.05) is 18.0 Å². The lowest BCUT2D eigenvalue weighted by atomic mass is 10.2. The van der Waals surface area contributed by atoms with Gasteiger partial charge in [-0.15, -0.1) is 0 Å². The van der Waals surface area contributed by atoms with E-state index >= 15 is 0 Å². The first-order valence-electron chi connectivity index (χ1n) is 8.40. The summed E-state index contributed by atoms with van der Waals surface area (Å²) < 4.78 is 46.5. The van der Waals surface area contributed by atoms with Crippen LogP contribution in [0.1, 0.15) is 12.8 Å². The van der Waals surface area contributed by atoms with Crippen LogP contribution in [-0.4, -0.2) is 32.5 Å². The minimum atomic E-state index is -3.77. The molecule has 1 atom stereocenters. The van der Waals surface area contributed by atoms with Crippen molar-refractivity contribution in [3.8, 4) is 0 Å². The molecule has 3 aromatic rings. The predicted octanol–water partition coefficient (Wildman–Crippen LogP) is 2.91. The van der Waals surface area contributed by atoms with Gasteiger partial charge >= 0.3 is 0 Å². The number of halogens is 1. The second-order valence-corrected chi connectivity index (χ2v) is 8.03. The number of rotatable bonds is 5. The molecule has 0 bridgehead atoms. The summed E-state index contributed by atoms with van der Waals surface area (Å²) in [6, 6.07) is 12.9. The molecule has 2 heterocycles. The van der Waals surface area contributed by atoms with Crippen molar-refractivity contribution in [2.45, 2.75) is 23.8 Å². The van der Waals surface area contributed by atoms with Crippen LogP contribution in [0.15, 0.2) is 57.8 Å². The van der Waals surface area contributed by atoms with Crippen LogP contribution in [0, 0.1) is 5.82 Å². The number of hydrogen-bond acceptors (Lipinski definition) is 5. The van der Waals surface area contributed by atoms with E-state index in [1.54, 1.807) is 0 Å². The monoisotopic (exact) mass is 375 g/mol. The summed E-state index contributed by atoms with van der Waals surface area (Å²) >= 11 is 0. The molecule has 0 saturated carbocycles. The second kappa shape index (κ2) is 6.69. The van der Waals surface area contributed by atoms with Crippen LogP contribution >= 0.6 is 0 Å². The maximum absolute atomic E-state index is 13.3. The molecule has 1 aromatic heterocycles. The highest BCUT2D eigenvalue weighted by Gasteiger charge is 2.29. The summed E-state index contributed by atoms with van der Waals surface area (Å²) in [7, 11) is -3.77. The van der Waals surface area contributed by atoms with Crippen molar-refractivity contribution in [3.63, 3.8) is 0 Å². The lowest BCUT2D eigenvalue weighted by molar-refractivity contribution is 0.533. The predicted molar refractivity (Wildman–Crippen MR) is 96.0 cm³/mol. The van der Waals surface area contributed by atoms with Gasteiger partial charge in [-0.3, -0.25) is 0 Å². The molecule has 1 aliphatic heterocycles. The van der Waals surface area contributed by atoms with Crippen molar-refractivity contribution in [1.82, 2.24) is 9.71 Å². The van der Waals surface area contributed by atoms with Crippen molar-refractivity contribution in [2.24, 2.45) is 0 Å². The number of sulfonamides is 1. The zero-order valence-electron chi connectivity index (χ0n) is 13.9. The van der Waals surface area contributed by atoms with Gasteiger partial charge < -0.3 is 9.32 Å². The zero-order valence-corrected chi connectivity index (χ0v) is 14.7. The van der Waals surface area contributed by atoms with E-state index in [1.165, 1.54) is 18.2 Å². The Kier molecular flexibility index (Phi) is 4.37. The number of hydrogen-bond donors (Lipinski definition) is 1. The Morgan fingerprint density at radius 1 is 1.23 bits per heavy atom. The van der Waals surface area contributed by atoms with Crippen molar-refractivity contribution in [3.05, 3.63) is 54.3 Å². The summed E-state index contributed by atoms with van der Waals surface area (Å²) in [6.45, 7) is 0.955. The van der Waals surface area contributed by atoms with E-state index in [0.717, 1.165) is 31.0 Å². The third-order valence-electron chi connectivity index (χ3n) is 4.52. The normalized spacial score (nSPS) is 17.9. The Balaban J connectivity index is 1.50. The largest absolute Gasteiger partial charge is 0.423 e. The van der Waals surface area contributed by atoms with Crippen LogP contribution in [0.2, 0.25) is 0 Å². The number of nitrogens with one attached hydrogen (secondary N) is 1. The van der Waals surface area contributed by atoms with Gasteiger partial charge in [-0.1, -0.05) is 18.2 Å². The number of aromatic nitrogens is 1. The molecule has 1 unspecified atom stereocenters. The minimum absolute atomic E-state index is 0.0635. The maximum atomic E-state index is 13.3. The molecule has 0 aliphatic carbocycles. The molecule has 1 fully saturated rings. The Labute approximate surface area is 150 Å². The molecule has 1 saturated heterocycles. The molecule has 0 amide bonds. The number of benzene rings is 2. The number of para-hydroxylation sites is 2. The Morgan fingerprint density at radius 2 is 2.08 bits per heavy atom. The molecule has 8 heteroatoms. The van der Waals surface area contributed by atoms with E-state index in [9.17, 15) is 12.8 Å². The maximum Gasteiger partial charge on any atom is 0.298 e. The fraction of sp³-hybridized carbons (Fsp3) is 0.278. The highest BCUT2D eigenvalue weighted by Crippen LogP contribution is 2.28. The van der Waals surface area contributed by atoms with Gasteiger partial charge in [0.05, 0.1) is 4.90 Å². The van der Waals surface area contributed by atoms with Crippen molar-refractivity contribution < 1.29 is 17.2 Å². The molecule has 2 aromatic carbocycles. The molecule has 0 spiro atoms. The molecule has 6 nitrogen and oxygen atoms in total. The Morgan fingerprint density at radius 3 is 2.88 bits per heavy atom. The van der Waals surface area contributed by atoms with Crippen LogP contribution < -0.4 is 9.62 Å². The Hall–Kier alpha value is -2.45. The van der Waals surface area contributed by atoms with Gasteiger partial charge in [-0.2, -0.15) is 4.98 Å². The van der Waals surface area contributed by atoms with Gasteiger partial charge in [0.2, 0.25) is 10.0 Å². The molecule has 136 valence electrons. The van der Waals surface area contributed by atoms with Crippen LogP contribution in [-0.2, 0) is 10.0 Å². The molecule has 0 radical (unpaired) electrons. The number of oxazole rings is 1. The average molecular weight is 375 g/mol. The van der Waals surface area contributed by atoms with E-state index in [-0.39, 0.29) is 17.5 Å². The van der Waals surface area contributed by atoms with Gasteiger partial charge in [-0.05, 0) is 43.2 Å². The summed E-state index contributed by atoms with van der Waals surface area (Å²) in [5, 5.41) is 0. The lowest BCUT2D eigenvalue weighted by Crippen LogP contribution is -2.40. The fourth-order valence-electron chi connectivity index (χ4n) is 3.21. The summed E-state index contributed by atoms with van der Waals surface area (Å²) in [5.74, 6) is -0.582. The van der Waals surface area contributed by atoms with Gasteiger partial charge in [0.25, 0.3) is 6.01 Å². The quantitative estimate of drug-likeness (QED) is 0.742. The molecule has 1 aliphatic rings. The number of nitrogens with zero attached hydrogens (tertiary/aromatic N) is 2. The first kappa shape index (κ1) is 17.0. The first-order chi connectivity index (χ1) is 12.5. The van der Waals surface area contributed by atoms with Gasteiger partial charge in [0, 0.05) is 19.1 Å². The summed E-state index contributed by atoms with van der Waals surface area (Å²) in [5.41, 5.74) is 1.47. The van der Waals surface area contributed by atoms with Crippen molar-refractivity contribution in [1.29, 1.82) is 0 Å². The average Bonchev–Trinajstić information content (AvgIpc) is 3.26. The van der Waals surface area contributed by atoms with E-state index in [2.05, 4.69) is 9.71 Å². The Bertz CT molecular complexity index is 1000. The van der Waals surface area contributed by atoms with Crippen LogP contribution in [0.3, 0.4) is 0 Å². The topological polar surface area (TPSA) is 75.4 Å². The van der Waals surface area contributed by atoms with Crippen molar-refractivity contribution >= 4 is 27.1 Å². The zero-order chi connectivity index (χ0) is 18.1. The van der Waals surface area contributed by atoms with E-state index in [4.69, 9.17) is 4.42 Å². The molecular formula is C18H18FN3O3S. The van der Waals surface area contributed by atoms with Crippen LogP contribution in [0.25, 0.3) is 11.1 Å². The van der Waals surface area contributed by atoms with Crippen LogP contribution in [0.5, 0.6) is 0 Å². The number of fused-ring (bicyclic) bond motifs is 1. The molecule has 26 heavy (non-hydrogen) atoms. The summed E-state index contributed by atoms with van der Waals surface area (Å²) in [6.07, 6.45) is 1.75. The van der Waals surface area contributed by atoms with Crippen LogP contribution in [0.4, 0.5) is 10.4 Å². The standard InChI is InChI=1S/C18H18FN3O3S/c19-13-5-3-7-15(11-13)26(23,24)20-12-14-6-4-10-22(14)18-21-16-8-1-2-9-17(16)25-18/h1-3,5,7-9,11,14,20H,4,6,10,12H2. The first-order valence-corrected chi connectivity index (χ1v) is 9.89. The number of anilines is 1. The lowest BCUT2D eigenvalue weighted by Gasteiger charge is -2.23. The fourth-order valence-corrected chi connectivity index (χ4v) is 4.31. The van der Waals surface area contributed by atoms with E-state index < -0.39 is 15.8 Å². The van der Waals surface area contributed by atoms with Gasteiger partial charge in [0.15, 0.2) is 5.58 Å². The highest BCUT2D eigenvalue weighted by atomic mass is 32.2. The molecule has 1 N–H and O–H groups in total. The molecule has 4 rings (SSSR count). The third-order valence-corrected chi connectivity index (χ3v) is 5.94. The van der Waals surface area contributed by atoms with Gasteiger partial charge in [0.1, 0.15) is 11.3 Å². The summed E-state index contributed by atoms with van der Waals surface area (Å²) in [4.78, 5) is 6.39. The second-order valence-electron chi connectivity index (χ2n) is 6.26. The highest BCUT2D eigenvalue weighted by molar-refractivity contribution is 7.89. The molecular weight excluding hydrogens is 357 g/mol. The minimum Gasteiger partial charge on any atom is -0.423 e. The van der Waals surface area contributed by atoms with E-state index in [1.807, 2.05) is 29.2 Å². The SMILES string of the molecule is O=S(=O)(NCC1CCCN1c1nc2ccccc2o1)c1cccc(F)c1. The smallest absolute Gasteiger partial charge is 0.298 e. The third kappa shape index (κ3) is 3.30. The van der Waals surface area contributed by atoms with Gasteiger partial charge in [-0.25, -0.2) is 17.5 Å².